The summed E-state index contributed by atoms with van der Waals surface area (Å²) in [6, 6.07) is 12.2. The number of thiazole rings is 1. The van der Waals surface area contributed by atoms with Crippen LogP contribution in [-0.2, 0) is 17.7 Å². The molecule has 5 aromatic rings. The van der Waals surface area contributed by atoms with Gasteiger partial charge in [-0.05, 0) is 132 Å². The molecule has 0 spiro atoms. The molecule has 4 bridgehead atoms. The summed E-state index contributed by atoms with van der Waals surface area (Å²) in [6.07, 6.45) is 14.5. The summed E-state index contributed by atoms with van der Waals surface area (Å²) in [5.41, 5.74) is 7.09. The second-order valence-electron chi connectivity index (χ2n) is 18.6. The highest BCUT2D eigenvalue weighted by Gasteiger charge is 2.66. The number of pyridine rings is 1. The van der Waals surface area contributed by atoms with Crippen molar-refractivity contribution in [2.24, 2.45) is 16.2 Å². The van der Waals surface area contributed by atoms with Gasteiger partial charge in [0.2, 0.25) is 0 Å². The van der Waals surface area contributed by atoms with Crippen molar-refractivity contribution in [1.29, 1.82) is 0 Å². The van der Waals surface area contributed by atoms with Crippen LogP contribution in [-0.4, -0.2) is 79.5 Å². The van der Waals surface area contributed by atoms with E-state index in [-0.39, 0.29) is 21.8 Å². The molecular weight excluding hydrogens is 719 g/mol. The molecule has 0 radical (unpaired) electrons. The van der Waals surface area contributed by atoms with Crippen LogP contribution in [0, 0.1) is 30.1 Å². The zero-order chi connectivity index (χ0) is 38.3. The van der Waals surface area contributed by atoms with Crippen molar-refractivity contribution < 1.29 is 9.53 Å². The molecule has 2 aliphatic heterocycles. The Balaban J connectivity index is 0.891. The van der Waals surface area contributed by atoms with Crippen LogP contribution in [0.3, 0.4) is 0 Å². The number of benzene rings is 1. The quantitative estimate of drug-likeness (QED) is 0.131. The van der Waals surface area contributed by atoms with Crippen LogP contribution >= 0.6 is 11.3 Å². The molecule has 56 heavy (non-hydrogen) atoms. The molecule has 0 amide bonds. The van der Waals surface area contributed by atoms with Gasteiger partial charge in [0.25, 0.3) is 0 Å². The number of aldehydes is 1. The number of nitrogens with zero attached hydrogens (tertiary/aromatic N) is 8. The third-order valence-corrected chi connectivity index (χ3v) is 14.7. The highest BCUT2D eigenvalue weighted by Crippen LogP contribution is 2.72. The van der Waals surface area contributed by atoms with Gasteiger partial charge in [0.1, 0.15) is 11.5 Å². The number of para-hydroxylation sites is 1. The lowest BCUT2D eigenvalue weighted by molar-refractivity contribution is -0.248. The van der Waals surface area contributed by atoms with Crippen LogP contribution in [0.25, 0.3) is 21.3 Å². The lowest BCUT2D eigenvalue weighted by atomic mass is 9.39. The zero-order valence-corrected chi connectivity index (χ0v) is 34.1. The van der Waals surface area contributed by atoms with E-state index in [1.165, 1.54) is 58.0 Å². The molecular formula is C44H53N9O2S. The summed E-state index contributed by atoms with van der Waals surface area (Å²) >= 11 is 1.60. The molecule has 11 nitrogen and oxygen atoms in total. The Morgan fingerprint density at radius 1 is 0.893 bits per heavy atom. The van der Waals surface area contributed by atoms with E-state index in [0.717, 1.165) is 101 Å². The smallest absolute Gasteiger partial charge is 0.189 e. The van der Waals surface area contributed by atoms with Crippen molar-refractivity contribution in [2.45, 2.75) is 104 Å². The Hall–Kier alpha value is -4.26. The molecule has 6 aliphatic rings. The number of ether oxygens (including phenoxy) is 1. The standard InChI is InChI=1S/C44H53N9O2S/c1-29-31-10-9-17-52(39(31)50-49-38(29)48-40-47-34-11-5-6-12-36(34)56-40)37-14-13-32(35(21-54)46-37)33-20-45-53(30(33)2)28-43-23-41(3)22-42(4,24-43)26-44(25-41,27-43)55-19-18-51-15-7-8-16-51/h5-6,11-14,20-21H,7-10,15-19,22-28H2,1-4H3,(H,47,48,49). The van der Waals surface area contributed by atoms with Gasteiger partial charge >= 0.3 is 0 Å². The van der Waals surface area contributed by atoms with Crippen LogP contribution in [0.5, 0.6) is 0 Å². The van der Waals surface area contributed by atoms with Crippen molar-refractivity contribution in [3.8, 4) is 11.1 Å². The Morgan fingerprint density at radius 2 is 1.70 bits per heavy atom. The first-order chi connectivity index (χ1) is 27.0. The lowest BCUT2D eigenvalue weighted by Crippen LogP contribution is -2.64. The number of carbonyl (C=O) groups excluding carboxylic acids is 1. The molecule has 1 N–H and O–H groups in total. The molecule has 4 aliphatic carbocycles. The van der Waals surface area contributed by atoms with E-state index in [4.69, 9.17) is 24.9 Å². The van der Waals surface area contributed by atoms with Crippen LogP contribution in [0.4, 0.5) is 22.6 Å². The second kappa shape index (κ2) is 13.4. The van der Waals surface area contributed by atoms with Crippen molar-refractivity contribution in [1.82, 2.24) is 34.8 Å². The molecule has 1 aromatic carbocycles. The fraction of sp³-hybridized carbons (Fsp3) is 0.545. The van der Waals surface area contributed by atoms with Crippen molar-refractivity contribution in [2.75, 3.05) is 43.0 Å². The predicted molar refractivity (Wildman–Crippen MR) is 221 cm³/mol. The molecule has 5 fully saturated rings. The lowest BCUT2D eigenvalue weighted by Gasteiger charge is -2.69. The second-order valence-corrected chi connectivity index (χ2v) is 19.7. The van der Waals surface area contributed by atoms with Crippen molar-refractivity contribution in [3.63, 3.8) is 0 Å². The third kappa shape index (κ3) is 6.32. The zero-order valence-electron chi connectivity index (χ0n) is 33.2. The first-order valence-corrected chi connectivity index (χ1v) is 21.5. The average molecular weight is 772 g/mol. The minimum atomic E-state index is -0.0449. The molecule has 292 valence electrons. The first-order valence-electron chi connectivity index (χ1n) is 20.7. The third-order valence-electron chi connectivity index (χ3n) is 13.7. The van der Waals surface area contributed by atoms with Crippen LogP contribution in [0.15, 0.2) is 42.6 Å². The Kier molecular flexibility index (Phi) is 8.65. The van der Waals surface area contributed by atoms with E-state index in [0.29, 0.717) is 17.3 Å². The van der Waals surface area contributed by atoms with E-state index in [1.54, 1.807) is 11.3 Å². The minimum Gasteiger partial charge on any atom is -0.374 e. The normalized spacial score (nSPS) is 28.3. The average Bonchev–Trinajstić information content (AvgIpc) is 3.91. The SMILES string of the molecule is Cc1c(Nc2nc3ccccc3s2)nnc2c1CCCN2c1ccc(-c2cnn(CC34CC5(C)CC(C)(C3)CC(OCCN3CCCC3)(C5)C4)c2C)c(C=O)n1. The van der Waals surface area contributed by atoms with Gasteiger partial charge in [0, 0.05) is 47.6 Å². The molecule has 2 unspecified atom stereocenters. The maximum atomic E-state index is 12.7. The van der Waals surface area contributed by atoms with Crippen LogP contribution in [0.2, 0.25) is 0 Å². The summed E-state index contributed by atoms with van der Waals surface area (Å²) in [5, 5.41) is 18.6. The molecule has 2 atom stereocenters. The minimum absolute atomic E-state index is 0.0449. The highest BCUT2D eigenvalue weighted by atomic mass is 32.1. The fourth-order valence-electron chi connectivity index (χ4n) is 12.6. The van der Waals surface area contributed by atoms with E-state index in [2.05, 4.69) is 58.7 Å². The van der Waals surface area contributed by atoms with E-state index in [1.807, 2.05) is 36.5 Å². The van der Waals surface area contributed by atoms with Crippen LogP contribution in [0.1, 0.15) is 98.9 Å². The van der Waals surface area contributed by atoms with Crippen molar-refractivity contribution in [3.05, 3.63) is 65.1 Å². The van der Waals surface area contributed by atoms with Gasteiger partial charge in [0.15, 0.2) is 23.1 Å². The van der Waals surface area contributed by atoms with Gasteiger partial charge in [-0.1, -0.05) is 37.3 Å². The van der Waals surface area contributed by atoms with Gasteiger partial charge in [-0.25, -0.2) is 9.97 Å². The molecule has 4 aromatic heterocycles. The molecule has 11 rings (SSSR count). The number of likely N-dealkylation sites (tertiary alicyclic amines) is 1. The molecule has 6 heterocycles. The van der Waals surface area contributed by atoms with Gasteiger partial charge in [-0.15, -0.1) is 10.2 Å². The van der Waals surface area contributed by atoms with Gasteiger partial charge in [-0.2, -0.15) is 5.10 Å². The van der Waals surface area contributed by atoms with Gasteiger partial charge in [0.05, 0.1) is 28.6 Å². The predicted octanol–water partition coefficient (Wildman–Crippen LogP) is 8.83. The topological polar surface area (TPSA) is 114 Å². The number of hydrogen-bond donors (Lipinski definition) is 1. The number of anilines is 4. The van der Waals surface area contributed by atoms with E-state index >= 15 is 0 Å². The summed E-state index contributed by atoms with van der Waals surface area (Å²) in [4.78, 5) is 27.1. The maximum absolute atomic E-state index is 12.7. The van der Waals surface area contributed by atoms with E-state index < -0.39 is 0 Å². The van der Waals surface area contributed by atoms with E-state index in [9.17, 15) is 4.79 Å². The van der Waals surface area contributed by atoms with Crippen LogP contribution < -0.4 is 10.2 Å². The fourth-order valence-corrected chi connectivity index (χ4v) is 13.5. The monoisotopic (exact) mass is 771 g/mol. The largest absolute Gasteiger partial charge is 0.374 e. The number of aromatic nitrogens is 6. The van der Waals surface area contributed by atoms with Gasteiger partial charge < -0.3 is 19.9 Å². The summed E-state index contributed by atoms with van der Waals surface area (Å²) in [7, 11) is 0. The molecule has 12 heteroatoms. The summed E-state index contributed by atoms with van der Waals surface area (Å²) < 4.78 is 10.4. The van der Waals surface area contributed by atoms with Gasteiger partial charge in [-0.3, -0.25) is 9.48 Å². The Labute approximate surface area is 333 Å². The number of carbonyl (C=O) groups is 1. The number of fused-ring (bicyclic) bond motifs is 2. The Bertz CT molecular complexity index is 2280. The summed E-state index contributed by atoms with van der Waals surface area (Å²) in [6.45, 7) is 15.2. The number of nitrogens with one attached hydrogen (secondary N) is 1. The highest BCUT2D eigenvalue weighted by molar-refractivity contribution is 7.22. The molecule has 4 saturated carbocycles. The first kappa shape index (κ1) is 36.1. The summed E-state index contributed by atoms with van der Waals surface area (Å²) in [5.74, 6) is 2.21. The molecule has 1 saturated heterocycles. The Morgan fingerprint density at radius 3 is 2.48 bits per heavy atom. The maximum Gasteiger partial charge on any atom is 0.189 e. The number of hydrogen-bond acceptors (Lipinski definition) is 11. The number of rotatable bonds is 11. The van der Waals surface area contributed by atoms with Crippen molar-refractivity contribution >= 4 is 50.4 Å².